The Morgan fingerprint density at radius 2 is 1.76 bits per heavy atom. The molecular formula is C22H27NO2. The predicted molar refractivity (Wildman–Crippen MR) is 100.0 cm³/mol. The van der Waals surface area contributed by atoms with E-state index in [1.54, 1.807) is 24.3 Å². The molecule has 0 aromatic heterocycles. The monoisotopic (exact) mass is 337 g/mol. The molecule has 1 aliphatic heterocycles. The molecule has 2 aliphatic carbocycles. The van der Waals surface area contributed by atoms with E-state index >= 15 is 0 Å². The van der Waals surface area contributed by atoms with Crippen LogP contribution in [-0.4, -0.2) is 22.8 Å². The van der Waals surface area contributed by atoms with Gasteiger partial charge in [-0.05, 0) is 67.5 Å². The second-order valence-electron chi connectivity index (χ2n) is 7.66. The molecule has 5 rings (SSSR count). The van der Waals surface area contributed by atoms with Crippen LogP contribution in [0.4, 0.5) is 0 Å². The van der Waals surface area contributed by atoms with Crippen LogP contribution in [-0.2, 0) is 11.8 Å². The third kappa shape index (κ3) is 2.91. The number of phenols is 2. The first-order valence-electron chi connectivity index (χ1n) is 9.49. The number of piperidine rings is 1. The summed E-state index contributed by atoms with van der Waals surface area (Å²) in [7, 11) is 0. The highest BCUT2D eigenvalue weighted by molar-refractivity contribution is 5.48. The summed E-state index contributed by atoms with van der Waals surface area (Å²) in [5.41, 5.74) is 3.08. The van der Waals surface area contributed by atoms with E-state index < -0.39 is 0 Å². The highest BCUT2D eigenvalue weighted by Gasteiger charge is 2.51. The van der Waals surface area contributed by atoms with Gasteiger partial charge in [0.1, 0.15) is 11.5 Å². The van der Waals surface area contributed by atoms with Crippen LogP contribution in [0.2, 0.25) is 0 Å². The van der Waals surface area contributed by atoms with Gasteiger partial charge in [-0.3, -0.25) is 0 Å². The van der Waals surface area contributed by atoms with Crippen molar-refractivity contribution in [1.29, 1.82) is 0 Å². The quantitative estimate of drug-likeness (QED) is 0.677. The molecular weight excluding hydrogens is 310 g/mol. The summed E-state index contributed by atoms with van der Waals surface area (Å²) in [6.07, 6.45) is 7.72. The Bertz CT molecular complexity index is 726. The highest BCUT2D eigenvalue weighted by Crippen LogP contribution is 2.54. The first-order valence-corrected chi connectivity index (χ1v) is 9.49. The molecule has 3 aliphatic rings. The maximum absolute atomic E-state index is 10.2. The fraction of sp³-hybridized carbons (Fsp3) is 0.455. The van der Waals surface area contributed by atoms with Crippen LogP contribution in [0.5, 0.6) is 11.5 Å². The lowest BCUT2D eigenvalue weighted by molar-refractivity contribution is 0.0789. The number of aromatic hydroxyl groups is 2. The maximum Gasteiger partial charge on any atom is 0.119 e. The van der Waals surface area contributed by atoms with Crippen molar-refractivity contribution in [3.05, 3.63) is 59.7 Å². The van der Waals surface area contributed by atoms with Crippen molar-refractivity contribution in [1.82, 2.24) is 5.32 Å². The van der Waals surface area contributed by atoms with Crippen molar-refractivity contribution in [3.8, 4) is 11.5 Å². The fourth-order valence-electron chi connectivity index (χ4n) is 5.37. The Morgan fingerprint density at radius 3 is 2.52 bits per heavy atom. The Labute approximate surface area is 149 Å². The summed E-state index contributed by atoms with van der Waals surface area (Å²) in [5, 5.41) is 22.5. The number of para-hydroxylation sites is 1. The van der Waals surface area contributed by atoms with Crippen LogP contribution in [0.25, 0.3) is 0 Å². The van der Waals surface area contributed by atoms with E-state index in [1.165, 1.54) is 43.2 Å². The van der Waals surface area contributed by atoms with Crippen molar-refractivity contribution >= 4 is 0 Å². The van der Waals surface area contributed by atoms with Gasteiger partial charge in [-0.25, -0.2) is 0 Å². The smallest absolute Gasteiger partial charge is 0.119 e. The Morgan fingerprint density at radius 1 is 0.920 bits per heavy atom. The lowest BCUT2D eigenvalue weighted by Gasteiger charge is -2.56. The second-order valence-corrected chi connectivity index (χ2v) is 7.66. The molecule has 2 bridgehead atoms. The van der Waals surface area contributed by atoms with Crippen molar-refractivity contribution in [2.24, 2.45) is 5.92 Å². The molecule has 2 fully saturated rings. The Balaban J connectivity index is 0.000000190. The van der Waals surface area contributed by atoms with Gasteiger partial charge in [0.2, 0.25) is 0 Å². The fourth-order valence-corrected chi connectivity index (χ4v) is 5.37. The highest BCUT2D eigenvalue weighted by atomic mass is 16.3. The summed E-state index contributed by atoms with van der Waals surface area (Å²) < 4.78 is 0. The van der Waals surface area contributed by atoms with E-state index in [4.69, 9.17) is 5.11 Å². The third-order valence-corrected chi connectivity index (χ3v) is 6.43. The molecule has 25 heavy (non-hydrogen) atoms. The molecule has 0 spiro atoms. The summed E-state index contributed by atoms with van der Waals surface area (Å²) in [6.45, 7) is 1.15. The van der Waals surface area contributed by atoms with Gasteiger partial charge in [0, 0.05) is 11.5 Å². The zero-order valence-corrected chi connectivity index (χ0v) is 14.6. The molecule has 132 valence electrons. The summed E-state index contributed by atoms with van der Waals surface area (Å²) in [6, 6.07) is 15.5. The standard InChI is InChI=1S/C16H21NO.C6H6O/c18-15-6-3-5-12-11(15)10-14-13-4-1-2-7-16(12,13)8-9-17-14;7-6-4-2-1-3-5-6/h3,5-6,13-14,17-18H,1-2,4,7-10H2;1-5,7H/t13-,14+,16-;/m0./s1. The first kappa shape index (κ1) is 16.5. The van der Waals surface area contributed by atoms with Crippen LogP contribution in [0.1, 0.15) is 43.2 Å². The van der Waals surface area contributed by atoms with Gasteiger partial charge in [0.05, 0.1) is 0 Å². The van der Waals surface area contributed by atoms with Crippen LogP contribution >= 0.6 is 0 Å². The number of phenolic OH excluding ortho intramolecular Hbond substituents is 2. The van der Waals surface area contributed by atoms with E-state index in [0.717, 1.165) is 18.9 Å². The van der Waals surface area contributed by atoms with Crippen molar-refractivity contribution in [3.63, 3.8) is 0 Å². The molecule has 3 nitrogen and oxygen atoms in total. The summed E-state index contributed by atoms with van der Waals surface area (Å²) >= 11 is 0. The lowest BCUT2D eigenvalue weighted by atomic mass is 9.53. The molecule has 1 heterocycles. The minimum absolute atomic E-state index is 0.322. The van der Waals surface area contributed by atoms with Crippen molar-refractivity contribution in [2.45, 2.75) is 50.0 Å². The molecule has 2 aromatic carbocycles. The van der Waals surface area contributed by atoms with E-state index in [9.17, 15) is 5.11 Å². The van der Waals surface area contributed by atoms with Crippen molar-refractivity contribution < 1.29 is 10.2 Å². The molecule has 1 saturated heterocycles. The molecule has 3 N–H and O–H groups in total. The van der Waals surface area contributed by atoms with Gasteiger partial charge in [-0.2, -0.15) is 0 Å². The zero-order valence-electron chi connectivity index (χ0n) is 14.6. The Kier molecular flexibility index (Phi) is 4.43. The van der Waals surface area contributed by atoms with E-state index in [1.807, 2.05) is 18.2 Å². The topological polar surface area (TPSA) is 52.5 Å². The normalized spacial score (nSPS) is 29.6. The van der Waals surface area contributed by atoms with E-state index in [-0.39, 0.29) is 0 Å². The van der Waals surface area contributed by atoms with Gasteiger partial charge in [-0.15, -0.1) is 0 Å². The third-order valence-electron chi connectivity index (χ3n) is 6.43. The average Bonchev–Trinajstić information content (AvgIpc) is 2.64. The number of nitrogens with one attached hydrogen (secondary N) is 1. The lowest BCUT2D eigenvalue weighted by Crippen LogP contribution is -2.59. The Hall–Kier alpha value is -2.00. The largest absolute Gasteiger partial charge is 0.508 e. The minimum atomic E-state index is 0.322. The molecule has 3 heteroatoms. The number of hydrogen-bond donors (Lipinski definition) is 3. The summed E-state index contributed by atoms with van der Waals surface area (Å²) in [4.78, 5) is 0. The van der Waals surface area contributed by atoms with Crippen LogP contribution in [0, 0.1) is 5.92 Å². The molecule has 0 unspecified atom stereocenters. The van der Waals surface area contributed by atoms with Gasteiger partial charge in [0.15, 0.2) is 0 Å². The molecule has 1 saturated carbocycles. The molecule has 3 atom stereocenters. The van der Waals surface area contributed by atoms with E-state index in [2.05, 4.69) is 11.4 Å². The number of rotatable bonds is 0. The van der Waals surface area contributed by atoms with Gasteiger partial charge in [-0.1, -0.05) is 43.2 Å². The molecule has 0 radical (unpaired) electrons. The van der Waals surface area contributed by atoms with Gasteiger partial charge < -0.3 is 15.5 Å². The van der Waals surface area contributed by atoms with Crippen LogP contribution < -0.4 is 5.32 Å². The van der Waals surface area contributed by atoms with Crippen LogP contribution in [0.15, 0.2) is 48.5 Å². The average molecular weight is 337 g/mol. The van der Waals surface area contributed by atoms with Crippen LogP contribution in [0.3, 0.4) is 0 Å². The van der Waals surface area contributed by atoms with Crippen molar-refractivity contribution in [2.75, 3.05) is 6.54 Å². The number of hydrogen-bond acceptors (Lipinski definition) is 3. The van der Waals surface area contributed by atoms with E-state index in [0.29, 0.717) is 23.0 Å². The SMILES string of the molecule is Oc1cccc2c1C[C@H]1NCC[C@@]23CCCC[C@@H]13.Oc1ccccc1. The second kappa shape index (κ2) is 6.72. The number of fused-ring (bicyclic) bond motifs is 1. The van der Waals surface area contributed by atoms with Gasteiger partial charge >= 0.3 is 0 Å². The first-order chi connectivity index (χ1) is 12.2. The maximum atomic E-state index is 10.2. The van der Waals surface area contributed by atoms with Gasteiger partial charge in [0.25, 0.3) is 0 Å². The zero-order chi connectivity index (χ0) is 17.3. The number of benzene rings is 2. The molecule has 2 aromatic rings. The predicted octanol–water partition coefficient (Wildman–Crippen LogP) is 4.13. The minimum Gasteiger partial charge on any atom is -0.508 e. The summed E-state index contributed by atoms with van der Waals surface area (Å²) in [5.74, 6) is 1.64. The molecule has 0 amide bonds.